The van der Waals surface area contributed by atoms with Crippen molar-refractivity contribution >= 4 is 21.9 Å². The third kappa shape index (κ3) is 4.17. The Hall–Kier alpha value is -1.15. The first-order chi connectivity index (χ1) is 8.77. The second-order valence-corrected chi connectivity index (χ2v) is 6.66. The molecule has 0 spiro atoms. The van der Waals surface area contributed by atoms with Gasteiger partial charge < -0.3 is 10.0 Å². The molecule has 0 radical (unpaired) electrons. The lowest BCUT2D eigenvalue weighted by molar-refractivity contribution is -0.148. The van der Waals surface area contributed by atoms with Crippen LogP contribution < -0.4 is 5.14 Å². The van der Waals surface area contributed by atoms with Crippen molar-refractivity contribution in [2.45, 2.75) is 50.3 Å². The molecule has 19 heavy (non-hydrogen) atoms. The van der Waals surface area contributed by atoms with Crippen molar-refractivity contribution in [1.82, 2.24) is 4.90 Å². The highest BCUT2D eigenvalue weighted by Crippen LogP contribution is 2.22. The lowest BCUT2D eigenvalue weighted by Gasteiger charge is -2.24. The van der Waals surface area contributed by atoms with Gasteiger partial charge in [-0.2, -0.15) is 0 Å². The number of likely N-dealkylation sites (tertiary alicyclic amines) is 1. The summed E-state index contributed by atoms with van der Waals surface area (Å²) in [5, 5.41) is 13.2. The maximum atomic E-state index is 11.8. The summed E-state index contributed by atoms with van der Waals surface area (Å²) in [5.74, 6) is -1.55. The molecule has 7 nitrogen and oxygen atoms in total. The zero-order valence-electron chi connectivity index (χ0n) is 10.9. The Morgan fingerprint density at radius 3 is 2.58 bits per heavy atom. The van der Waals surface area contributed by atoms with E-state index in [1.54, 1.807) is 0 Å². The number of unbranched alkanes of at least 4 members (excludes halogenated alkanes) is 2. The standard InChI is InChI=1S/C11H20N2O5S/c1-2-3-4-5-9(11(15)16)13-7-8(6-10(13)14)19(12,17)18/h8-9H,2-7H2,1H3,(H,15,16)(H2,12,17,18)/t8?,9-/m0/s1. The summed E-state index contributed by atoms with van der Waals surface area (Å²) >= 11 is 0. The molecule has 1 unspecified atom stereocenters. The van der Waals surface area contributed by atoms with Gasteiger partial charge in [0.05, 0.1) is 0 Å². The van der Waals surface area contributed by atoms with Gasteiger partial charge in [-0.05, 0) is 6.42 Å². The Morgan fingerprint density at radius 1 is 1.53 bits per heavy atom. The van der Waals surface area contributed by atoms with Crippen LogP contribution in [0, 0.1) is 0 Å². The quantitative estimate of drug-likeness (QED) is 0.636. The second kappa shape index (κ2) is 6.33. The van der Waals surface area contributed by atoms with Crippen molar-refractivity contribution < 1.29 is 23.1 Å². The molecule has 0 aliphatic carbocycles. The normalized spacial score (nSPS) is 21.7. The maximum absolute atomic E-state index is 11.8. The van der Waals surface area contributed by atoms with Crippen molar-refractivity contribution in [2.24, 2.45) is 5.14 Å². The summed E-state index contributed by atoms with van der Waals surface area (Å²) in [6.45, 7) is 1.87. The van der Waals surface area contributed by atoms with E-state index in [9.17, 15) is 18.0 Å². The fraction of sp³-hybridized carbons (Fsp3) is 0.818. The van der Waals surface area contributed by atoms with Crippen LogP contribution in [0.3, 0.4) is 0 Å². The largest absolute Gasteiger partial charge is 0.480 e. The Bertz CT molecular complexity index is 448. The number of amides is 1. The number of rotatable bonds is 7. The Kier molecular flexibility index (Phi) is 5.30. The summed E-state index contributed by atoms with van der Waals surface area (Å²) in [7, 11) is -3.81. The maximum Gasteiger partial charge on any atom is 0.326 e. The van der Waals surface area contributed by atoms with Crippen LogP contribution in [-0.4, -0.2) is 48.1 Å². The molecule has 1 aliphatic heterocycles. The molecule has 1 saturated heterocycles. The predicted octanol–water partition coefficient (Wildman–Crippen LogP) is -0.0907. The van der Waals surface area contributed by atoms with Crippen molar-refractivity contribution in [3.05, 3.63) is 0 Å². The fourth-order valence-corrected chi connectivity index (χ4v) is 2.96. The summed E-state index contributed by atoms with van der Waals surface area (Å²) in [6.07, 6.45) is 2.63. The minimum absolute atomic E-state index is 0.124. The monoisotopic (exact) mass is 292 g/mol. The average Bonchev–Trinajstić information content (AvgIpc) is 2.66. The number of carboxylic acids is 1. The number of nitrogens with zero attached hydrogens (tertiary/aromatic N) is 1. The number of sulfonamides is 1. The van der Waals surface area contributed by atoms with Crippen LogP contribution >= 0.6 is 0 Å². The van der Waals surface area contributed by atoms with Gasteiger partial charge in [-0.15, -0.1) is 0 Å². The first kappa shape index (κ1) is 15.9. The van der Waals surface area contributed by atoms with E-state index < -0.39 is 33.2 Å². The number of hydrogen-bond donors (Lipinski definition) is 2. The minimum Gasteiger partial charge on any atom is -0.480 e. The molecule has 1 rings (SSSR count). The molecule has 0 saturated carbocycles. The van der Waals surface area contributed by atoms with Gasteiger partial charge in [0.2, 0.25) is 15.9 Å². The topological polar surface area (TPSA) is 118 Å². The van der Waals surface area contributed by atoms with Gasteiger partial charge in [0.25, 0.3) is 0 Å². The Morgan fingerprint density at radius 2 is 2.16 bits per heavy atom. The van der Waals surface area contributed by atoms with E-state index in [-0.39, 0.29) is 13.0 Å². The third-order valence-corrected chi connectivity index (χ3v) is 4.57. The van der Waals surface area contributed by atoms with Gasteiger partial charge in [-0.25, -0.2) is 18.4 Å². The molecule has 8 heteroatoms. The van der Waals surface area contributed by atoms with E-state index >= 15 is 0 Å². The molecule has 2 atom stereocenters. The zero-order valence-corrected chi connectivity index (χ0v) is 11.7. The van der Waals surface area contributed by atoms with Gasteiger partial charge in [0, 0.05) is 13.0 Å². The summed E-state index contributed by atoms with van der Waals surface area (Å²) in [6, 6.07) is -0.953. The first-order valence-corrected chi connectivity index (χ1v) is 7.92. The highest BCUT2D eigenvalue weighted by molar-refractivity contribution is 7.89. The van der Waals surface area contributed by atoms with Crippen molar-refractivity contribution in [3.63, 3.8) is 0 Å². The van der Waals surface area contributed by atoms with Gasteiger partial charge in [0.1, 0.15) is 11.3 Å². The van der Waals surface area contributed by atoms with E-state index in [2.05, 4.69) is 0 Å². The van der Waals surface area contributed by atoms with Crippen molar-refractivity contribution in [2.75, 3.05) is 6.54 Å². The SMILES string of the molecule is CCCCC[C@@H](C(=O)O)N1CC(S(N)(=O)=O)CC1=O. The van der Waals surface area contributed by atoms with Crippen LogP contribution in [0.25, 0.3) is 0 Å². The van der Waals surface area contributed by atoms with Crippen LogP contribution in [0.15, 0.2) is 0 Å². The van der Waals surface area contributed by atoms with Crippen molar-refractivity contribution in [3.8, 4) is 0 Å². The van der Waals surface area contributed by atoms with Crippen LogP contribution in [0.1, 0.15) is 39.0 Å². The second-order valence-electron chi connectivity index (χ2n) is 4.81. The lowest BCUT2D eigenvalue weighted by atomic mass is 10.1. The molecular weight excluding hydrogens is 272 g/mol. The Balaban J connectivity index is 2.75. The molecule has 1 heterocycles. The van der Waals surface area contributed by atoms with E-state index in [1.165, 1.54) is 0 Å². The first-order valence-electron chi connectivity index (χ1n) is 6.31. The molecule has 1 aliphatic rings. The molecule has 3 N–H and O–H groups in total. The molecule has 1 amide bonds. The third-order valence-electron chi connectivity index (χ3n) is 3.33. The van der Waals surface area contributed by atoms with Gasteiger partial charge in [-0.1, -0.05) is 26.2 Å². The molecule has 0 aromatic rings. The number of nitrogens with two attached hydrogens (primary N) is 1. The highest BCUT2D eigenvalue weighted by Gasteiger charge is 2.41. The van der Waals surface area contributed by atoms with E-state index in [0.29, 0.717) is 12.8 Å². The van der Waals surface area contributed by atoms with E-state index in [4.69, 9.17) is 10.2 Å². The molecule has 0 aromatic carbocycles. The summed E-state index contributed by atoms with van der Waals surface area (Å²) < 4.78 is 22.5. The summed E-state index contributed by atoms with van der Waals surface area (Å²) in [4.78, 5) is 24.1. The molecule has 0 bridgehead atoms. The summed E-state index contributed by atoms with van der Waals surface area (Å²) in [5.41, 5.74) is 0. The van der Waals surface area contributed by atoms with Crippen LogP contribution in [0.2, 0.25) is 0 Å². The minimum atomic E-state index is -3.81. The van der Waals surface area contributed by atoms with Gasteiger partial charge in [-0.3, -0.25) is 4.79 Å². The van der Waals surface area contributed by atoms with Crippen molar-refractivity contribution in [1.29, 1.82) is 0 Å². The van der Waals surface area contributed by atoms with Crippen LogP contribution in [0.5, 0.6) is 0 Å². The van der Waals surface area contributed by atoms with Gasteiger partial charge >= 0.3 is 5.97 Å². The molecule has 1 fully saturated rings. The predicted molar refractivity (Wildman–Crippen MR) is 68.8 cm³/mol. The number of carboxylic acid groups (broad SMARTS) is 1. The van der Waals surface area contributed by atoms with E-state index in [1.807, 2.05) is 6.92 Å². The van der Waals surface area contributed by atoms with Crippen LogP contribution in [0.4, 0.5) is 0 Å². The van der Waals surface area contributed by atoms with E-state index in [0.717, 1.165) is 17.7 Å². The number of carbonyl (C=O) groups excluding carboxylic acids is 1. The fourth-order valence-electron chi connectivity index (χ4n) is 2.22. The molecule has 0 aromatic heterocycles. The highest BCUT2D eigenvalue weighted by atomic mass is 32.2. The van der Waals surface area contributed by atoms with Crippen LogP contribution in [-0.2, 0) is 19.6 Å². The number of aliphatic carboxylic acids is 1. The zero-order chi connectivity index (χ0) is 14.6. The average molecular weight is 292 g/mol. The van der Waals surface area contributed by atoms with Gasteiger partial charge in [0.15, 0.2) is 0 Å². The Labute approximate surface area is 112 Å². The molecule has 110 valence electrons. The number of carbonyl (C=O) groups is 2. The lowest BCUT2D eigenvalue weighted by Crippen LogP contribution is -2.43. The smallest absolute Gasteiger partial charge is 0.326 e. The number of primary sulfonamides is 1. The molecular formula is C11H20N2O5S. The number of hydrogen-bond acceptors (Lipinski definition) is 4.